The second-order valence-electron chi connectivity index (χ2n) is 9.10. The van der Waals surface area contributed by atoms with Crippen molar-refractivity contribution in [3.05, 3.63) is 94.1 Å². The van der Waals surface area contributed by atoms with Gasteiger partial charge in [0.2, 0.25) is 0 Å². The Morgan fingerprint density at radius 1 is 0.857 bits per heavy atom. The van der Waals surface area contributed by atoms with Crippen LogP contribution in [-0.4, -0.2) is 23.1 Å². The van der Waals surface area contributed by atoms with Gasteiger partial charge in [0.05, 0.1) is 12.7 Å². The highest BCUT2D eigenvalue weighted by molar-refractivity contribution is 6.09. The number of ether oxygens (including phenoxy) is 1. The molecule has 0 radical (unpaired) electrons. The van der Waals surface area contributed by atoms with E-state index in [0.29, 0.717) is 17.7 Å². The second kappa shape index (κ2) is 14.0. The first-order valence-corrected chi connectivity index (χ1v) is 12.1. The molecule has 0 spiro atoms. The monoisotopic (exact) mass is 474 g/mol. The predicted octanol–water partition coefficient (Wildman–Crippen LogP) is 7.96. The Bertz CT molecular complexity index is 1110. The van der Waals surface area contributed by atoms with E-state index in [2.05, 4.69) is 45.9 Å². The van der Waals surface area contributed by atoms with E-state index in [1.807, 2.05) is 0 Å². The largest absolute Gasteiger partial charge is 0.508 e. The van der Waals surface area contributed by atoms with E-state index < -0.39 is 0 Å². The zero-order chi connectivity index (χ0) is 25.8. The van der Waals surface area contributed by atoms with Crippen LogP contribution in [0.25, 0.3) is 6.08 Å². The lowest BCUT2D eigenvalue weighted by atomic mass is 9.99. The van der Waals surface area contributed by atoms with Crippen molar-refractivity contribution in [3.63, 3.8) is 0 Å². The molecule has 0 unspecified atom stereocenters. The van der Waals surface area contributed by atoms with Gasteiger partial charge < -0.3 is 14.9 Å². The number of rotatable bonds is 12. The number of methoxy groups -OCH3 is 1. The highest BCUT2D eigenvalue weighted by Gasteiger charge is 2.16. The molecule has 2 aromatic rings. The standard InChI is InChI=1S/C31H38O4/c1-22(2)8-6-9-23(3)10-7-11-24(4)12-18-28-30(35-5)21-19-27(31(28)34)29(33)20-15-25-13-16-26(32)17-14-25/h8,10,12-17,19-21,32,34H,6-7,9,11,18H2,1-5H3. The van der Waals surface area contributed by atoms with Gasteiger partial charge in [0.15, 0.2) is 5.78 Å². The third-order valence-corrected chi connectivity index (χ3v) is 5.82. The van der Waals surface area contributed by atoms with Gasteiger partial charge in [0.25, 0.3) is 0 Å². The molecule has 0 saturated heterocycles. The van der Waals surface area contributed by atoms with E-state index in [1.54, 1.807) is 49.6 Å². The fourth-order valence-corrected chi connectivity index (χ4v) is 3.67. The van der Waals surface area contributed by atoms with Gasteiger partial charge >= 0.3 is 0 Å². The van der Waals surface area contributed by atoms with Crippen LogP contribution in [0, 0.1) is 0 Å². The van der Waals surface area contributed by atoms with Crippen molar-refractivity contribution >= 4 is 11.9 Å². The third kappa shape index (κ3) is 9.32. The summed E-state index contributed by atoms with van der Waals surface area (Å²) in [5, 5.41) is 20.3. The average Bonchev–Trinajstić information content (AvgIpc) is 2.82. The Hall–Kier alpha value is -3.53. The number of hydrogen-bond acceptors (Lipinski definition) is 4. The molecule has 35 heavy (non-hydrogen) atoms. The minimum atomic E-state index is -0.297. The summed E-state index contributed by atoms with van der Waals surface area (Å²) in [6.45, 7) is 8.52. The number of carbonyl (C=O) groups excluding carboxylic acids is 1. The smallest absolute Gasteiger partial charge is 0.189 e. The SMILES string of the molecule is COc1ccc(C(=O)C=Cc2ccc(O)cc2)c(O)c1CC=C(C)CCC=C(C)CCC=C(C)C. The van der Waals surface area contributed by atoms with E-state index >= 15 is 0 Å². The maximum atomic E-state index is 12.8. The van der Waals surface area contributed by atoms with Gasteiger partial charge in [0.1, 0.15) is 17.2 Å². The molecular weight excluding hydrogens is 436 g/mol. The highest BCUT2D eigenvalue weighted by Crippen LogP contribution is 2.33. The van der Waals surface area contributed by atoms with Gasteiger partial charge in [-0.05, 0) is 95.7 Å². The average molecular weight is 475 g/mol. The third-order valence-electron chi connectivity index (χ3n) is 5.82. The van der Waals surface area contributed by atoms with Crippen LogP contribution >= 0.6 is 0 Å². The van der Waals surface area contributed by atoms with Crippen LogP contribution < -0.4 is 4.74 Å². The lowest BCUT2D eigenvalue weighted by molar-refractivity contribution is 0.104. The molecule has 0 aliphatic heterocycles. The summed E-state index contributed by atoms with van der Waals surface area (Å²) in [7, 11) is 1.56. The summed E-state index contributed by atoms with van der Waals surface area (Å²) >= 11 is 0. The molecule has 0 amide bonds. The van der Waals surface area contributed by atoms with Crippen LogP contribution in [0.5, 0.6) is 17.2 Å². The van der Waals surface area contributed by atoms with Gasteiger partial charge in [-0.25, -0.2) is 0 Å². The fraction of sp³-hybridized carbons (Fsp3) is 0.323. The topological polar surface area (TPSA) is 66.8 Å². The Morgan fingerprint density at radius 3 is 2.11 bits per heavy atom. The van der Waals surface area contributed by atoms with Crippen LogP contribution in [0.1, 0.15) is 74.9 Å². The summed E-state index contributed by atoms with van der Waals surface area (Å²) in [5.41, 5.74) is 5.60. The van der Waals surface area contributed by atoms with E-state index in [9.17, 15) is 15.0 Å². The Labute approximate surface area is 210 Å². The van der Waals surface area contributed by atoms with Gasteiger partial charge in [-0.15, -0.1) is 0 Å². The molecule has 0 aromatic heterocycles. The van der Waals surface area contributed by atoms with Crippen molar-refractivity contribution in [2.75, 3.05) is 7.11 Å². The van der Waals surface area contributed by atoms with Crippen LogP contribution in [0.3, 0.4) is 0 Å². The fourth-order valence-electron chi connectivity index (χ4n) is 3.67. The van der Waals surface area contributed by atoms with Gasteiger partial charge in [-0.3, -0.25) is 4.79 Å². The molecule has 0 heterocycles. The summed E-state index contributed by atoms with van der Waals surface area (Å²) in [4.78, 5) is 12.8. The number of phenolic OH excluding ortho intramolecular Hbond substituents is 2. The Balaban J connectivity index is 2.07. The molecule has 0 saturated carbocycles. The molecule has 0 aliphatic carbocycles. The van der Waals surface area contributed by atoms with Crippen LogP contribution in [0.4, 0.5) is 0 Å². The van der Waals surface area contributed by atoms with Crippen molar-refractivity contribution in [1.82, 2.24) is 0 Å². The minimum absolute atomic E-state index is 0.0521. The molecule has 0 fully saturated rings. The summed E-state index contributed by atoms with van der Waals surface area (Å²) in [5.74, 6) is 0.373. The molecule has 4 heteroatoms. The summed E-state index contributed by atoms with van der Waals surface area (Å²) in [6.07, 6.45) is 14.3. The van der Waals surface area contributed by atoms with Crippen LogP contribution in [0.15, 0.2) is 77.4 Å². The molecule has 0 atom stereocenters. The van der Waals surface area contributed by atoms with Gasteiger partial charge in [-0.1, -0.05) is 53.2 Å². The summed E-state index contributed by atoms with van der Waals surface area (Å²) in [6, 6.07) is 9.85. The lowest BCUT2D eigenvalue weighted by Gasteiger charge is -2.12. The van der Waals surface area contributed by atoms with E-state index in [-0.39, 0.29) is 22.8 Å². The zero-order valence-corrected chi connectivity index (χ0v) is 21.6. The number of ketones is 1. The van der Waals surface area contributed by atoms with Gasteiger partial charge in [0, 0.05) is 5.56 Å². The number of allylic oxidation sites excluding steroid dienone is 7. The zero-order valence-electron chi connectivity index (χ0n) is 21.6. The number of carbonyl (C=O) groups is 1. The van der Waals surface area contributed by atoms with Crippen LogP contribution in [-0.2, 0) is 6.42 Å². The summed E-state index contributed by atoms with van der Waals surface area (Å²) < 4.78 is 5.44. The molecule has 2 N–H and O–H groups in total. The Morgan fingerprint density at radius 2 is 1.49 bits per heavy atom. The van der Waals surface area contributed by atoms with Crippen molar-refractivity contribution in [2.24, 2.45) is 0 Å². The van der Waals surface area contributed by atoms with Crippen molar-refractivity contribution < 1.29 is 19.7 Å². The van der Waals surface area contributed by atoms with E-state index in [0.717, 1.165) is 31.2 Å². The first-order valence-electron chi connectivity index (χ1n) is 12.1. The van der Waals surface area contributed by atoms with E-state index in [1.165, 1.54) is 22.8 Å². The number of hydrogen-bond donors (Lipinski definition) is 2. The maximum Gasteiger partial charge on any atom is 0.189 e. The molecule has 4 nitrogen and oxygen atoms in total. The first kappa shape index (κ1) is 27.7. The number of aromatic hydroxyl groups is 2. The van der Waals surface area contributed by atoms with Gasteiger partial charge in [-0.2, -0.15) is 0 Å². The second-order valence-corrected chi connectivity index (χ2v) is 9.10. The minimum Gasteiger partial charge on any atom is -0.508 e. The Kier molecular flexibility index (Phi) is 11.1. The van der Waals surface area contributed by atoms with Crippen molar-refractivity contribution in [1.29, 1.82) is 0 Å². The number of benzene rings is 2. The molecule has 0 aliphatic rings. The number of phenols is 2. The molecule has 0 bridgehead atoms. The lowest BCUT2D eigenvalue weighted by Crippen LogP contribution is -2.00. The first-order chi connectivity index (χ1) is 16.7. The quantitative estimate of drug-likeness (QED) is 0.186. The van der Waals surface area contributed by atoms with E-state index in [4.69, 9.17) is 4.74 Å². The molecule has 186 valence electrons. The van der Waals surface area contributed by atoms with Crippen molar-refractivity contribution in [3.8, 4) is 17.2 Å². The predicted molar refractivity (Wildman–Crippen MR) is 145 cm³/mol. The highest BCUT2D eigenvalue weighted by atomic mass is 16.5. The molecule has 2 rings (SSSR count). The maximum absolute atomic E-state index is 12.8. The molecular formula is C31H38O4. The van der Waals surface area contributed by atoms with Crippen LogP contribution in [0.2, 0.25) is 0 Å². The normalized spacial score (nSPS) is 12.1. The molecule has 2 aromatic carbocycles. The van der Waals surface area contributed by atoms with Crippen molar-refractivity contribution in [2.45, 2.75) is 59.8 Å².